The van der Waals surface area contributed by atoms with Crippen LogP contribution < -0.4 is 11.3 Å². The van der Waals surface area contributed by atoms with Crippen LogP contribution in [-0.2, 0) is 34.2 Å². The van der Waals surface area contributed by atoms with Crippen LogP contribution in [0.2, 0.25) is 0 Å². The molecule has 0 unspecified atom stereocenters. The molecule has 1 aliphatic rings. The molecule has 1 fully saturated rings. The lowest BCUT2D eigenvalue weighted by molar-refractivity contribution is -0.0493. The molecule has 34 heavy (non-hydrogen) atoms. The standard InChI is InChI=1S/C14H23N5O13P2/c15-14-17-8-11(16-6-18(12(8)22)1-2-29-3-4-30-33(23,24)25)19(14)13-10(21)9(20)7(32-13)5-31-34(26,27)28/h6-7,9-10,13,20-21H,1-5H2,(H2,15,17)(H2,23,24,25)(H2,26,27,28)/t7-,9-,10-,13-/m1/s1. The van der Waals surface area contributed by atoms with Crippen LogP contribution in [0.5, 0.6) is 0 Å². The molecule has 192 valence electrons. The number of phosphoric acid groups is 2. The minimum absolute atomic E-state index is 0.00745. The first-order valence-corrected chi connectivity index (χ1v) is 12.6. The molecule has 0 bridgehead atoms. The second kappa shape index (κ2) is 10.4. The first kappa shape index (κ1) is 26.8. The Balaban J connectivity index is 1.71. The van der Waals surface area contributed by atoms with Crippen LogP contribution in [0.15, 0.2) is 11.1 Å². The van der Waals surface area contributed by atoms with Crippen molar-refractivity contribution in [2.24, 2.45) is 0 Å². The third-order valence-electron chi connectivity index (χ3n) is 4.66. The van der Waals surface area contributed by atoms with Crippen molar-refractivity contribution in [3.8, 4) is 0 Å². The monoisotopic (exact) mass is 531 g/mol. The summed E-state index contributed by atoms with van der Waals surface area (Å²) in [5, 5.41) is 20.5. The summed E-state index contributed by atoms with van der Waals surface area (Å²) in [6, 6.07) is 0. The van der Waals surface area contributed by atoms with E-state index in [1.807, 2.05) is 0 Å². The molecule has 0 saturated carbocycles. The molecular formula is C14H23N5O13P2. The molecule has 3 rings (SSSR count). The smallest absolute Gasteiger partial charge is 0.387 e. The Morgan fingerprint density at radius 3 is 2.38 bits per heavy atom. The van der Waals surface area contributed by atoms with Crippen molar-refractivity contribution in [2.45, 2.75) is 31.1 Å². The van der Waals surface area contributed by atoms with E-state index in [1.54, 1.807) is 0 Å². The number of aliphatic hydroxyl groups excluding tert-OH is 2. The Bertz CT molecular complexity index is 1160. The maximum absolute atomic E-state index is 12.7. The normalized spacial score (nSPS) is 23.7. The van der Waals surface area contributed by atoms with Gasteiger partial charge in [-0.15, -0.1) is 0 Å². The first-order valence-electron chi connectivity index (χ1n) is 9.51. The highest BCUT2D eigenvalue weighted by molar-refractivity contribution is 7.46. The van der Waals surface area contributed by atoms with Crippen LogP contribution in [0.4, 0.5) is 5.95 Å². The summed E-state index contributed by atoms with van der Waals surface area (Å²) < 4.78 is 42.8. The molecule has 18 nitrogen and oxygen atoms in total. The van der Waals surface area contributed by atoms with Crippen molar-refractivity contribution in [1.82, 2.24) is 19.1 Å². The quantitative estimate of drug-likeness (QED) is 0.113. The van der Waals surface area contributed by atoms with E-state index in [2.05, 4.69) is 19.0 Å². The predicted octanol–water partition coefficient (Wildman–Crippen LogP) is -2.97. The number of nitrogen functional groups attached to an aromatic ring is 1. The van der Waals surface area contributed by atoms with Gasteiger partial charge in [-0.05, 0) is 0 Å². The fourth-order valence-electron chi connectivity index (χ4n) is 3.16. The highest BCUT2D eigenvalue weighted by Gasteiger charge is 2.46. The molecule has 1 saturated heterocycles. The zero-order valence-corrected chi connectivity index (χ0v) is 19.0. The number of rotatable bonds is 11. The lowest BCUT2D eigenvalue weighted by atomic mass is 10.1. The van der Waals surface area contributed by atoms with Crippen molar-refractivity contribution < 1.29 is 57.4 Å². The Morgan fingerprint density at radius 2 is 1.74 bits per heavy atom. The maximum atomic E-state index is 12.7. The summed E-state index contributed by atoms with van der Waals surface area (Å²) in [5.41, 5.74) is 4.98. The Hall–Kier alpha value is -1.79. The molecule has 0 radical (unpaired) electrons. The van der Waals surface area contributed by atoms with Gasteiger partial charge in [0.25, 0.3) is 5.56 Å². The van der Waals surface area contributed by atoms with Gasteiger partial charge >= 0.3 is 15.6 Å². The van der Waals surface area contributed by atoms with Gasteiger partial charge in [-0.3, -0.25) is 23.0 Å². The van der Waals surface area contributed by atoms with Gasteiger partial charge in [0.05, 0.1) is 33.0 Å². The number of nitrogens with two attached hydrogens (primary N) is 1. The highest BCUT2D eigenvalue weighted by atomic mass is 31.2. The van der Waals surface area contributed by atoms with E-state index in [9.17, 15) is 24.1 Å². The average Bonchev–Trinajstić information content (AvgIpc) is 3.20. The Labute approximate surface area is 189 Å². The third-order valence-corrected chi connectivity index (χ3v) is 5.66. The Morgan fingerprint density at radius 1 is 1.06 bits per heavy atom. The molecule has 2 aromatic heterocycles. The topological polar surface area (TPSA) is 271 Å². The lowest BCUT2D eigenvalue weighted by Crippen LogP contribution is -2.33. The van der Waals surface area contributed by atoms with Crippen LogP contribution in [0.1, 0.15) is 6.23 Å². The minimum atomic E-state index is -4.85. The van der Waals surface area contributed by atoms with Crippen molar-refractivity contribution in [2.75, 3.05) is 32.2 Å². The number of aromatic nitrogens is 4. The number of imidazole rings is 1. The van der Waals surface area contributed by atoms with E-state index in [0.717, 1.165) is 15.5 Å². The lowest BCUT2D eigenvalue weighted by Gasteiger charge is -2.18. The number of aliphatic hydroxyl groups is 2. The summed E-state index contributed by atoms with van der Waals surface area (Å²) in [6.07, 6.45) is -4.77. The van der Waals surface area contributed by atoms with Crippen molar-refractivity contribution in [3.63, 3.8) is 0 Å². The van der Waals surface area contributed by atoms with Crippen LogP contribution >= 0.6 is 15.6 Å². The summed E-state index contributed by atoms with van der Waals surface area (Å²) in [7, 11) is -9.45. The molecule has 2 aromatic rings. The molecule has 0 aliphatic carbocycles. The molecule has 4 atom stereocenters. The molecule has 8 N–H and O–H groups in total. The van der Waals surface area contributed by atoms with Gasteiger partial charge in [-0.1, -0.05) is 0 Å². The number of phosphoric ester groups is 2. The van der Waals surface area contributed by atoms with Gasteiger partial charge in [0.15, 0.2) is 17.4 Å². The van der Waals surface area contributed by atoms with Crippen molar-refractivity contribution >= 4 is 32.8 Å². The molecule has 0 aromatic carbocycles. The van der Waals surface area contributed by atoms with Gasteiger partial charge < -0.3 is 45.0 Å². The number of ether oxygens (including phenoxy) is 2. The van der Waals surface area contributed by atoms with Crippen molar-refractivity contribution in [1.29, 1.82) is 0 Å². The van der Waals surface area contributed by atoms with E-state index in [4.69, 9.17) is 34.8 Å². The number of hydrogen-bond donors (Lipinski definition) is 7. The molecule has 3 heterocycles. The largest absolute Gasteiger partial charge is 0.469 e. The summed E-state index contributed by atoms with van der Waals surface area (Å²) >= 11 is 0. The summed E-state index contributed by atoms with van der Waals surface area (Å²) in [4.78, 5) is 55.6. The summed E-state index contributed by atoms with van der Waals surface area (Å²) in [5.74, 6) is -0.281. The molecule has 0 amide bonds. The third kappa shape index (κ3) is 6.45. The molecular weight excluding hydrogens is 508 g/mol. The number of anilines is 1. The van der Waals surface area contributed by atoms with E-state index in [-0.39, 0.29) is 43.5 Å². The zero-order chi connectivity index (χ0) is 25.3. The van der Waals surface area contributed by atoms with Gasteiger partial charge in [0.2, 0.25) is 5.95 Å². The predicted molar refractivity (Wildman–Crippen MR) is 109 cm³/mol. The van der Waals surface area contributed by atoms with E-state index < -0.39 is 52.4 Å². The minimum Gasteiger partial charge on any atom is -0.387 e. The highest BCUT2D eigenvalue weighted by Crippen LogP contribution is 2.39. The van der Waals surface area contributed by atoms with Crippen molar-refractivity contribution in [3.05, 3.63) is 16.7 Å². The molecule has 0 spiro atoms. The van der Waals surface area contributed by atoms with E-state index in [1.165, 1.54) is 0 Å². The summed E-state index contributed by atoms with van der Waals surface area (Å²) in [6.45, 7) is -1.24. The average molecular weight is 531 g/mol. The van der Waals surface area contributed by atoms with Crippen LogP contribution in [-0.4, -0.2) is 93.6 Å². The number of fused-ring (bicyclic) bond motifs is 1. The second-order valence-corrected chi connectivity index (χ2v) is 9.50. The zero-order valence-electron chi connectivity index (χ0n) is 17.2. The number of nitrogens with zero attached hydrogens (tertiary/aromatic N) is 4. The first-order chi connectivity index (χ1) is 15.8. The van der Waals surface area contributed by atoms with Gasteiger partial charge in [0.1, 0.15) is 24.6 Å². The number of hydrogen-bond acceptors (Lipinski definition) is 12. The molecule has 20 heteroatoms. The molecule has 1 aliphatic heterocycles. The van der Waals surface area contributed by atoms with Crippen LogP contribution in [0.3, 0.4) is 0 Å². The maximum Gasteiger partial charge on any atom is 0.469 e. The second-order valence-electron chi connectivity index (χ2n) is 7.02. The van der Waals surface area contributed by atoms with Gasteiger partial charge in [-0.25, -0.2) is 19.1 Å². The van der Waals surface area contributed by atoms with Gasteiger partial charge in [-0.2, -0.15) is 0 Å². The van der Waals surface area contributed by atoms with Crippen LogP contribution in [0.25, 0.3) is 11.2 Å². The van der Waals surface area contributed by atoms with Crippen LogP contribution in [0, 0.1) is 0 Å². The van der Waals surface area contributed by atoms with E-state index in [0.29, 0.717) is 0 Å². The SMILES string of the molecule is Nc1nc2c(=O)n(CCOCCOP(=O)(O)O)cnc2n1[C@@H]1O[C@H](COP(=O)(O)O)[C@@H](O)[C@H]1O. The fourth-order valence-corrected chi connectivity index (χ4v) is 3.82. The fraction of sp³-hybridized carbons (Fsp3) is 0.643. The van der Waals surface area contributed by atoms with E-state index >= 15 is 0 Å². The van der Waals surface area contributed by atoms with Gasteiger partial charge in [0, 0.05) is 0 Å². The Kier molecular flexibility index (Phi) is 8.24.